The monoisotopic (exact) mass is 493 g/mol. The zero-order valence-corrected chi connectivity index (χ0v) is 19.3. The first-order valence-corrected chi connectivity index (χ1v) is 10.9. The molecule has 0 aliphatic rings. The van der Waals surface area contributed by atoms with E-state index in [9.17, 15) is 9.90 Å². The average molecular weight is 494 g/mol. The van der Waals surface area contributed by atoms with Crippen molar-refractivity contribution in [3.05, 3.63) is 65.7 Å². The van der Waals surface area contributed by atoms with Gasteiger partial charge >= 0.3 is 0 Å². The number of amides is 1. The molecule has 0 aliphatic carbocycles. The number of anilines is 1. The topological polar surface area (TPSA) is 148 Å². The summed E-state index contributed by atoms with van der Waals surface area (Å²) in [5.41, 5.74) is 1.41. The number of hydrogen-bond acceptors (Lipinski definition) is 9. The highest BCUT2D eigenvalue weighted by Crippen LogP contribution is 2.27. The first-order chi connectivity index (χ1) is 17.0. The van der Waals surface area contributed by atoms with Crippen molar-refractivity contribution in [3.8, 4) is 17.6 Å². The molecule has 1 aromatic carbocycles. The number of hydrogen-bond donors (Lipinski definition) is 2. The van der Waals surface area contributed by atoms with Gasteiger partial charge in [-0.15, -0.1) is 0 Å². The highest BCUT2D eigenvalue weighted by atomic mass is 35.5. The molecule has 2 N–H and O–H groups in total. The van der Waals surface area contributed by atoms with Crippen LogP contribution in [0.3, 0.4) is 0 Å². The smallest absolute Gasteiger partial charge is 0.269 e. The Hall–Kier alpha value is -4.11. The van der Waals surface area contributed by atoms with E-state index in [2.05, 4.69) is 25.4 Å². The van der Waals surface area contributed by atoms with Crippen LogP contribution in [-0.4, -0.2) is 61.2 Å². The lowest BCUT2D eigenvalue weighted by Gasteiger charge is -2.20. The zero-order chi connectivity index (χ0) is 24.8. The quantitative estimate of drug-likeness (QED) is 0.358. The maximum absolute atomic E-state index is 13.0. The zero-order valence-electron chi connectivity index (χ0n) is 18.5. The lowest BCUT2D eigenvalue weighted by Crippen LogP contribution is -2.38. The number of nitrogens with one attached hydrogen (secondary N) is 1. The fourth-order valence-corrected chi connectivity index (χ4v) is 3.28. The molecule has 0 fully saturated rings. The predicted molar refractivity (Wildman–Crippen MR) is 126 cm³/mol. The molecular weight excluding hydrogens is 474 g/mol. The van der Waals surface area contributed by atoms with Crippen molar-refractivity contribution < 1.29 is 19.4 Å². The number of carbonyl (C=O) groups is 1. The number of carbonyl (C=O) groups excluding carboxylic acids is 1. The van der Waals surface area contributed by atoms with Crippen molar-refractivity contribution in [1.82, 2.24) is 24.7 Å². The Bertz CT molecular complexity index is 1370. The van der Waals surface area contributed by atoms with E-state index < -0.39 is 18.1 Å². The molecule has 3 aromatic heterocycles. The standard InChI is InChI=1S/C23H20ClN7O4/c1-14(11-32)34-12-19(22(33)30-20-7-6-15(8-25)9-26-20)35-23-16-10-29-31(21(16)27-13-28-23)18-5-3-2-4-17(18)24/h2-7,9-10,13-14,19,32H,11-12H2,1H3,(H,26,30,33)/t14-,19+/m1/s1. The summed E-state index contributed by atoms with van der Waals surface area (Å²) in [6.45, 7) is 1.26. The van der Waals surface area contributed by atoms with E-state index >= 15 is 0 Å². The Morgan fingerprint density at radius 1 is 1.23 bits per heavy atom. The number of pyridine rings is 1. The fourth-order valence-electron chi connectivity index (χ4n) is 3.06. The summed E-state index contributed by atoms with van der Waals surface area (Å²) >= 11 is 6.31. The molecule has 0 saturated carbocycles. The molecule has 2 atom stereocenters. The summed E-state index contributed by atoms with van der Waals surface area (Å²) < 4.78 is 13.0. The first kappa shape index (κ1) is 24.0. The maximum atomic E-state index is 13.0. The van der Waals surface area contributed by atoms with Crippen LogP contribution in [0.1, 0.15) is 12.5 Å². The molecule has 0 aliphatic heterocycles. The number of fused-ring (bicyclic) bond motifs is 1. The molecule has 11 nitrogen and oxygen atoms in total. The molecule has 0 bridgehead atoms. The number of nitrogens with zero attached hydrogens (tertiary/aromatic N) is 6. The van der Waals surface area contributed by atoms with Crippen molar-refractivity contribution in [2.24, 2.45) is 0 Å². The molecule has 12 heteroatoms. The molecule has 0 radical (unpaired) electrons. The van der Waals surface area contributed by atoms with Gasteiger partial charge in [-0.2, -0.15) is 10.4 Å². The number of aliphatic hydroxyl groups is 1. The minimum absolute atomic E-state index is 0.112. The Balaban J connectivity index is 1.61. The fraction of sp³-hybridized carbons (Fsp3) is 0.217. The predicted octanol–water partition coefficient (Wildman–Crippen LogP) is 2.52. The number of halogens is 1. The van der Waals surface area contributed by atoms with Crippen LogP contribution >= 0.6 is 11.6 Å². The number of ether oxygens (including phenoxy) is 2. The number of benzene rings is 1. The number of rotatable bonds is 9. The number of aromatic nitrogens is 5. The maximum Gasteiger partial charge on any atom is 0.269 e. The van der Waals surface area contributed by atoms with Crippen LogP contribution in [0.5, 0.6) is 5.88 Å². The van der Waals surface area contributed by atoms with E-state index in [1.165, 1.54) is 30.9 Å². The van der Waals surface area contributed by atoms with Gasteiger partial charge in [0.25, 0.3) is 5.91 Å². The second-order valence-corrected chi connectivity index (χ2v) is 7.80. The van der Waals surface area contributed by atoms with Crippen LogP contribution < -0.4 is 10.1 Å². The van der Waals surface area contributed by atoms with E-state index in [-0.39, 0.29) is 24.9 Å². The highest BCUT2D eigenvalue weighted by Gasteiger charge is 2.25. The van der Waals surface area contributed by atoms with Gasteiger partial charge in [-0.3, -0.25) is 4.79 Å². The first-order valence-electron chi connectivity index (χ1n) is 10.5. The van der Waals surface area contributed by atoms with Crippen molar-refractivity contribution in [3.63, 3.8) is 0 Å². The normalized spacial score (nSPS) is 12.6. The van der Waals surface area contributed by atoms with Crippen LogP contribution in [-0.2, 0) is 9.53 Å². The lowest BCUT2D eigenvalue weighted by molar-refractivity contribution is -0.127. The molecule has 4 aromatic rings. The van der Waals surface area contributed by atoms with Crippen molar-refractivity contribution in [1.29, 1.82) is 5.26 Å². The Morgan fingerprint density at radius 2 is 2.06 bits per heavy atom. The minimum Gasteiger partial charge on any atom is -0.461 e. The largest absolute Gasteiger partial charge is 0.461 e. The number of nitriles is 1. The third-order valence-electron chi connectivity index (χ3n) is 4.89. The van der Waals surface area contributed by atoms with Gasteiger partial charge in [-0.05, 0) is 31.2 Å². The summed E-state index contributed by atoms with van der Waals surface area (Å²) in [5, 5.41) is 26.1. The SMILES string of the molecule is C[C@H](CO)OC[C@H](Oc1ncnc2c1cnn2-c1ccccc1Cl)C(=O)Nc1ccc(C#N)cn1. The van der Waals surface area contributed by atoms with Crippen LogP contribution in [0.25, 0.3) is 16.7 Å². The van der Waals surface area contributed by atoms with Crippen LogP contribution in [0.15, 0.2) is 55.1 Å². The van der Waals surface area contributed by atoms with E-state index in [4.69, 9.17) is 26.3 Å². The summed E-state index contributed by atoms with van der Waals surface area (Å²) in [5.74, 6) is -0.212. The number of para-hydroxylation sites is 1. The van der Waals surface area contributed by atoms with Gasteiger partial charge < -0.3 is 19.9 Å². The highest BCUT2D eigenvalue weighted by molar-refractivity contribution is 6.32. The summed E-state index contributed by atoms with van der Waals surface area (Å²) in [7, 11) is 0. The molecule has 4 rings (SSSR count). The average Bonchev–Trinajstić information content (AvgIpc) is 3.31. The van der Waals surface area contributed by atoms with Crippen molar-refractivity contribution in [2.75, 3.05) is 18.5 Å². The second-order valence-electron chi connectivity index (χ2n) is 7.39. The molecule has 178 valence electrons. The van der Waals surface area contributed by atoms with Gasteiger partial charge in [0.15, 0.2) is 5.65 Å². The summed E-state index contributed by atoms with van der Waals surface area (Å²) in [6, 6.07) is 12.2. The Kier molecular flexibility index (Phi) is 7.47. The molecule has 0 spiro atoms. The molecule has 35 heavy (non-hydrogen) atoms. The Labute approximate surface area is 204 Å². The van der Waals surface area contributed by atoms with Crippen LogP contribution in [0, 0.1) is 11.3 Å². The molecule has 0 unspecified atom stereocenters. The van der Waals surface area contributed by atoms with Gasteiger partial charge in [0.05, 0.1) is 41.8 Å². The van der Waals surface area contributed by atoms with E-state index in [1.54, 1.807) is 29.8 Å². The minimum atomic E-state index is -1.15. The van der Waals surface area contributed by atoms with Crippen LogP contribution in [0.2, 0.25) is 5.02 Å². The van der Waals surface area contributed by atoms with Crippen LogP contribution in [0.4, 0.5) is 5.82 Å². The van der Waals surface area contributed by atoms with Crippen molar-refractivity contribution >= 4 is 34.4 Å². The van der Waals surface area contributed by atoms with Gasteiger partial charge in [-0.25, -0.2) is 19.6 Å². The molecule has 1 amide bonds. The molecular formula is C23H20ClN7O4. The lowest BCUT2D eigenvalue weighted by atomic mass is 10.3. The van der Waals surface area contributed by atoms with Crippen molar-refractivity contribution in [2.45, 2.75) is 19.1 Å². The third kappa shape index (κ3) is 5.52. The van der Waals surface area contributed by atoms with Gasteiger partial charge in [0, 0.05) is 6.20 Å². The van der Waals surface area contributed by atoms with E-state index in [1.807, 2.05) is 12.1 Å². The molecule has 3 heterocycles. The molecule has 0 saturated heterocycles. The summed E-state index contributed by atoms with van der Waals surface area (Å²) in [4.78, 5) is 25.5. The summed E-state index contributed by atoms with van der Waals surface area (Å²) in [6.07, 6.45) is 2.48. The third-order valence-corrected chi connectivity index (χ3v) is 5.21. The van der Waals surface area contributed by atoms with Gasteiger partial charge in [-0.1, -0.05) is 23.7 Å². The number of aliphatic hydroxyl groups excluding tert-OH is 1. The van der Waals surface area contributed by atoms with Gasteiger partial charge in [0.2, 0.25) is 12.0 Å². The van der Waals surface area contributed by atoms with E-state index in [0.29, 0.717) is 27.3 Å². The van der Waals surface area contributed by atoms with E-state index in [0.717, 1.165) is 0 Å². The van der Waals surface area contributed by atoms with Gasteiger partial charge in [0.1, 0.15) is 23.6 Å². The second kappa shape index (κ2) is 10.9. The Morgan fingerprint density at radius 3 is 2.77 bits per heavy atom.